The van der Waals surface area contributed by atoms with Gasteiger partial charge in [-0.3, -0.25) is 9.78 Å². The van der Waals surface area contributed by atoms with Gasteiger partial charge in [0.2, 0.25) is 0 Å². The molecule has 1 heterocycles. The van der Waals surface area contributed by atoms with Crippen molar-refractivity contribution in [2.75, 3.05) is 6.61 Å². The molecule has 0 unspecified atom stereocenters. The molecule has 0 bridgehead atoms. The van der Waals surface area contributed by atoms with Crippen molar-refractivity contribution in [1.29, 1.82) is 0 Å². The zero-order valence-corrected chi connectivity index (χ0v) is 11.1. The Kier molecular flexibility index (Phi) is 5.32. The van der Waals surface area contributed by atoms with Gasteiger partial charge in [-0.15, -0.1) is 13.2 Å². The van der Waals surface area contributed by atoms with Crippen LogP contribution in [-0.2, 0) is 22.5 Å². The van der Waals surface area contributed by atoms with Crippen LogP contribution in [0.4, 0.5) is 13.2 Å². The highest BCUT2D eigenvalue weighted by molar-refractivity contribution is 5.72. The summed E-state index contributed by atoms with van der Waals surface area (Å²) in [7, 11) is 0. The van der Waals surface area contributed by atoms with Crippen LogP contribution >= 0.6 is 0 Å². The first kappa shape index (κ1) is 16.2. The number of nitrogens with two attached hydrogens (primary N) is 1. The Morgan fingerprint density at radius 2 is 2.10 bits per heavy atom. The van der Waals surface area contributed by atoms with E-state index in [4.69, 9.17) is 10.5 Å². The third-order valence-electron chi connectivity index (χ3n) is 2.34. The van der Waals surface area contributed by atoms with Crippen molar-refractivity contribution in [3.8, 4) is 5.75 Å². The molecule has 0 radical (unpaired) electrons. The lowest BCUT2D eigenvalue weighted by molar-refractivity contribution is -0.275. The maximum atomic E-state index is 12.3. The molecule has 8 heteroatoms. The maximum absolute atomic E-state index is 12.3. The van der Waals surface area contributed by atoms with Gasteiger partial charge in [0.15, 0.2) is 5.75 Å². The fraction of sp³-hybridized carbons (Fsp3) is 0.500. The number of aromatic nitrogens is 1. The van der Waals surface area contributed by atoms with E-state index in [-0.39, 0.29) is 36.5 Å². The number of carbonyl (C=O) groups is 1. The summed E-state index contributed by atoms with van der Waals surface area (Å²) in [6.45, 7) is 3.07. The summed E-state index contributed by atoms with van der Waals surface area (Å²) in [5.41, 5.74) is 5.84. The van der Waals surface area contributed by atoms with Gasteiger partial charge in [0, 0.05) is 12.1 Å². The van der Waals surface area contributed by atoms with E-state index in [2.05, 4.69) is 9.72 Å². The topological polar surface area (TPSA) is 74.4 Å². The van der Waals surface area contributed by atoms with E-state index in [0.717, 1.165) is 0 Å². The first-order chi connectivity index (χ1) is 9.26. The van der Waals surface area contributed by atoms with Crippen molar-refractivity contribution in [3.63, 3.8) is 0 Å². The lowest BCUT2D eigenvalue weighted by atomic mass is 10.1. The summed E-state index contributed by atoms with van der Waals surface area (Å²) in [5, 5.41) is 0. The molecule has 0 aliphatic rings. The van der Waals surface area contributed by atoms with Crippen LogP contribution in [0.15, 0.2) is 6.07 Å². The van der Waals surface area contributed by atoms with Gasteiger partial charge in [0.05, 0.1) is 24.4 Å². The highest BCUT2D eigenvalue weighted by atomic mass is 19.4. The summed E-state index contributed by atoms with van der Waals surface area (Å²) in [4.78, 5) is 15.2. The molecule has 5 nitrogen and oxygen atoms in total. The van der Waals surface area contributed by atoms with Gasteiger partial charge >= 0.3 is 12.3 Å². The molecule has 0 aromatic carbocycles. The van der Waals surface area contributed by atoms with Crippen LogP contribution in [0, 0.1) is 6.92 Å². The van der Waals surface area contributed by atoms with Crippen LogP contribution in [0.2, 0.25) is 0 Å². The lowest BCUT2D eigenvalue weighted by Gasteiger charge is -2.15. The number of hydrogen-bond acceptors (Lipinski definition) is 5. The van der Waals surface area contributed by atoms with Crippen LogP contribution < -0.4 is 10.5 Å². The Balaban J connectivity index is 3.04. The van der Waals surface area contributed by atoms with Gasteiger partial charge in [0.25, 0.3) is 0 Å². The van der Waals surface area contributed by atoms with E-state index in [1.807, 2.05) is 0 Å². The van der Waals surface area contributed by atoms with Crippen molar-refractivity contribution in [2.45, 2.75) is 33.2 Å². The largest absolute Gasteiger partial charge is 0.573 e. The van der Waals surface area contributed by atoms with E-state index in [1.165, 1.54) is 13.0 Å². The minimum absolute atomic E-state index is 0.0181. The molecule has 2 N–H and O–H groups in total. The van der Waals surface area contributed by atoms with E-state index in [1.54, 1.807) is 6.92 Å². The van der Waals surface area contributed by atoms with Crippen LogP contribution in [0.3, 0.4) is 0 Å². The zero-order chi connectivity index (χ0) is 15.3. The number of pyridine rings is 1. The number of esters is 1. The van der Waals surface area contributed by atoms with Gasteiger partial charge in [-0.05, 0) is 19.9 Å². The normalized spacial score (nSPS) is 11.3. The fourth-order valence-electron chi connectivity index (χ4n) is 1.65. The monoisotopic (exact) mass is 292 g/mol. The van der Waals surface area contributed by atoms with Crippen molar-refractivity contribution in [3.05, 3.63) is 23.0 Å². The zero-order valence-electron chi connectivity index (χ0n) is 11.1. The molecule has 0 saturated carbocycles. The van der Waals surface area contributed by atoms with Crippen molar-refractivity contribution >= 4 is 5.97 Å². The highest BCUT2D eigenvalue weighted by Crippen LogP contribution is 2.29. The molecule has 1 rings (SSSR count). The Morgan fingerprint density at radius 1 is 1.45 bits per heavy atom. The maximum Gasteiger partial charge on any atom is 0.573 e. The molecule has 0 spiro atoms. The molecule has 0 saturated heterocycles. The first-order valence-electron chi connectivity index (χ1n) is 5.87. The molecule has 112 valence electrons. The smallest absolute Gasteiger partial charge is 0.466 e. The molecule has 0 aliphatic heterocycles. The number of halogens is 3. The molecule has 0 aliphatic carbocycles. The lowest BCUT2D eigenvalue weighted by Crippen LogP contribution is -2.20. The van der Waals surface area contributed by atoms with Crippen molar-refractivity contribution in [2.24, 2.45) is 5.73 Å². The third-order valence-corrected chi connectivity index (χ3v) is 2.34. The second kappa shape index (κ2) is 6.56. The Bertz CT molecular complexity index is 490. The number of alkyl halides is 3. The number of nitrogens with zero attached hydrogens (tertiary/aromatic N) is 1. The van der Waals surface area contributed by atoms with Gasteiger partial charge in [-0.1, -0.05) is 0 Å². The van der Waals surface area contributed by atoms with Crippen LogP contribution in [0.5, 0.6) is 5.75 Å². The standard InChI is InChI=1S/C12H15F3N2O3/c1-3-19-10(18)5-9-4-8(6-16)11(7(2)17-9)20-12(13,14)15/h4H,3,5-6,16H2,1-2H3. The minimum Gasteiger partial charge on any atom is -0.466 e. The molecule has 0 fully saturated rings. The predicted molar refractivity (Wildman–Crippen MR) is 63.9 cm³/mol. The van der Waals surface area contributed by atoms with E-state index in [0.29, 0.717) is 0 Å². The highest BCUT2D eigenvalue weighted by Gasteiger charge is 2.33. The molecule has 1 aromatic rings. The van der Waals surface area contributed by atoms with Crippen molar-refractivity contribution in [1.82, 2.24) is 4.98 Å². The van der Waals surface area contributed by atoms with Gasteiger partial charge < -0.3 is 15.2 Å². The summed E-state index contributed by atoms with van der Waals surface area (Å²) >= 11 is 0. The first-order valence-corrected chi connectivity index (χ1v) is 5.87. The number of rotatable bonds is 5. The Morgan fingerprint density at radius 3 is 2.60 bits per heavy atom. The number of hydrogen-bond donors (Lipinski definition) is 1. The van der Waals surface area contributed by atoms with Gasteiger partial charge in [0.1, 0.15) is 0 Å². The number of aryl methyl sites for hydroxylation is 1. The second-order valence-electron chi connectivity index (χ2n) is 3.92. The van der Waals surface area contributed by atoms with Crippen molar-refractivity contribution < 1.29 is 27.4 Å². The minimum atomic E-state index is -4.82. The molecule has 1 aromatic heterocycles. The van der Waals surface area contributed by atoms with Crippen LogP contribution in [-0.4, -0.2) is 23.9 Å². The second-order valence-corrected chi connectivity index (χ2v) is 3.92. The summed E-state index contributed by atoms with van der Waals surface area (Å²) in [6.07, 6.45) is -4.95. The van der Waals surface area contributed by atoms with Crippen LogP contribution in [0.25, 0.3) is 0 Å². The number of ether oxygens (including phenoxy) is 2. The average Bonchev–Trinajstić information content (AvgIpc) is 2.31. The average molecular weight is 292 g/mol. The van der Waals surface area contributed by atoms with Crippen LogP contribution in [0.1, 0.15) is 23.9 Å². The van der Waals surface area contributed by atoms with E-state index < -0.39 is 18.1 Å². The summed E-state index contributed by atoms with van der Waals surface area (Å²) in [6, 6.07) is 1.31. The predicted octanol–water partition coefficient (Wildman–Crippen LogP) is 1.85. The van der Waals surface area contributed by atoms with E-state index in [9.17, 15) is 18.0 Å². The van der Waals surface area contributed by atoms with E-state index >= 15 is 0 Å². The fourth-order valence-corrected chi connectivity index (χ4v) is 1.65. The van der Waals surface area contributed by atoms with Gasteiger partial charge in [-0.25, -0.2) is 0 Å². The molecule has 0 amide bonds. The molecular formula is C12H15F3N2O3. The van der Waals surface area contributed by atoms with Gasteiger partial charge in [-0.2, -0.15) is 0 Å². The third kappa shape index (κ3) is 4.69. The summed E-state index contributed by atoms with van der Waals surface area (Å²) in [5.74, 6) is -0.931. The SMILES string of the molecule is CCOC(=O)Cc1cc(CN)c(OC(F)(F)F)c(C)n1. The molecule has 0 atom stereocenters. The Labute approximate surface area is 113 Å². The quantitative estimate of drug-likeness (QED) is 0.838. The molecular weight excluding hydrogens is 277 g/mol. The Hall–Kier alpha value is -1.83. The number of carbonyl (C=O) groups excluding carboxylic acids is 1. The molecule has 20 heavy (non-hydrogen) atoms. The summed E-state index contributed by atoms with van der Waals surface area (Å²) < 4.78 is 45.5.